The minimum Gasteiger partial charge on any atom is -0.494 e. The molecule has 3 aromatic carbocycles. The van der Waals surface area contributed by atoms with E-state index in [0.29, 0.717) is 32.9 Å². The average Bonchev–Trinajstić information content (AvgIpc) is 3.29. The smallest absolute Gasteiger partial charge is 0.270 e. The Balaban J connectivity index is 0.00000276. The molecule has 0 atom stereocenters. The summed E-state index contributed by atoms with van der Waals surface area (Å²) in [5.74, 6) is 1.37. The van der Waals surface area contributed by atoms with Crippen LogP contribution in [0.3, 0.4) is 0 Å². The molecule has 240 valence electrons. The second-order valence-electron chi connectivity index (χ2n) is 10.6. The molecule has 5 rings (SSSR count). The van der Waals surface area contributed by atoms with Gasteiger partial charge in [-0.3, -0.25) is 14.5 Å². The Morgan fingerprint density at radius 1 is 0.867 bits per heavy atom. The van der Waals surface area contributed by atoms with E-state index in [1.807, 2.05) is 54.6 Å². The highest BCUT2D eigenvalue weighted by Gasteiger charge is 2.33. The maximum Gasteiger partial charge on any atom is 0.270 e. The van der Waals surface area contributed by atoms with Gasteiger partial charge in [0.2, 0.25) is 5.91 Å². The molecule has 2 saturated heterocycles. The minimum absolute atomic E-state index is 0. The van der Waals surface area contributed by atoms with Crippen LogP contribution >= 0.6 is 48.8 Å². The summed E-state index contributed by atoms with van der Waals surface area (Å²) in [6, 6.07) is 21.5. The number of halogens is 2. The quantitative estimate of drug-likeness (QED) is 0.129. The van der Waals surface area contributed by atoms with Gasteiger partial charge in [0.1, 0.15) is 17.2 Å². The molecule has 2 aliphatic heterocycles. The number of thioether (sulfide) groups is 1. The average molecular weight is 690 g/mol. The Labute approximate surface area is 286 Å². The summed E-state index contributed by atoms with van der Waals surface area (Å²) >= 11 is 6.83. The van der Waals surface area contributed by atoms with Crippen molar-refractivity contribution in [3.63, 3.8) is 0 Å². The summed E-state index contributed by atoms with van der Waals surface area (Å²) in [7, 11) is 2.18. The van der Waals surface area contributed by atoms with Crippen LogP contribution in [-0.2, 0) is 4.79 Å². The molecule has 2 N–H and O–H groups in total. The van der Waals surface area contributed by atoms with Crippen LogP contribution in [0.15, 0.2) is 77.7 Å². The first-order valence-corrected chi connectivity index (χ1v) is 15.7. The number of thiocarbonyl (C=S) groups is 1. The van der Waals surface area contributed by atoms with E-state index in [2.05, 4.69) is 16.8 Å². The number of unbranched alkanes of at least 4 members (excludes halogenated alkanes) is 2. The van der Waals surface area contributed by atoms with E-state index in [9.17, 15) is 9.59 Å². The molecule has 0 aromatic heterocycles. The summed E-state index contributed by atoms with van der Waals surface area (Å²) in [5, 5.41) is 0. The normalized spacial score (nSPS) is 16.3. The monoisotopic (exact) mass is 688 g/mol. The molecule has 45 heavy (non-hydrogen) atoms. The molecule has 12 heteroatoms. The Hall–Kier alpha value is -3.12. The summed E-state index contributed by atoms with van der Waals surface area (Å²) in [5.41, 5.74) is 7.27. The van der Waals surface area contributed by atoms with Crippen LogP contribution in [-0.4, -0.2) is 72.3 Å². The van der Waals surface area contributed by atoms with Gasteiger partial charge in [0.05, 0.1) is 17.2 Å². The molecule has 2 fully saturated rings. The van der Waals surface area contributed by atoms with E-state index in [1.165, 1.54) is 31.3 Å². The molecular formula is C33H38Cl2N4O4S2. The van der Waals surface area contributed by atoms with Gasteiger partial charge in [0.25, 0.3) is 5.91 Å². The number of rotatable bonds is 12. The molecule has 0 aliphatic carbocycles. The highest BCUT2D eigenvalue weighted by Crippen LogP contribution is 2.37. The molecule has 0 bridgehead atoms. The van der Waals surface area contributed by atoms with Crippen LogP contribution in [0.25, 0.3) is 6.08 Å². The first kappa shape index (κ1) is 36.3. The lowest BCUT2D eigenvalue weighted by Gasteiger charge is -2.32. The van der Waals surface area contributed by atoms with E-state index in [1.54, 1.807) is 29.2 Å². The first-order valence-electron chi connectivity index (χ1n) is 14.5. The topological polar surface area (TPSA) is 88.3 Å². The van der Waals surface area contributed by atoms with E-state index >= 15 is 0 Å². The zero-order valence-corrected chi connectivity index (χ0v) is 28.3. The second-order valence-corrected chi connectivity index (χ2v) is 12.3. The number of amides is 2. The van der Waals surface area contributed by atoms with Crippen LogP contribution < -0.4 is 20.1 Å². The van der Waals surface area contributed by atoms with Gasteiger partial charge < -0.3 is 25.0 Å². The largest absolute Gasteiger partial charge is 0.494 e. The van der Waals surface area contributed by atoms with Crippen molar-refractivity contribution in [2.75, 3.05) is 51.3 Å². The molecule has 0 unspecified atom stereocenters. The number of hydrogen-bond donors (Lipinski definition) is 1. The first-order chi connectivity index (χ1) is 20.9. The molecule has 2 amide bonds. The van der Waals surface area contributed by atoms with Gasteiger partial charge in [-0.1, -0.05) is 36.1 Å². The van der Waals surface area contributed by atoms with E-state index in [-0.39, 0.29) is 30.7 Å². The third kappa shape index (κ3) is 10.2. The maximum atomic E-state index is 13.2. The number of primary amides is 1. The van der Waals surface area contributed by atoms with Crippen molar-refractivity contribution >= 4 is 76.7 Å². The van der Waals surface area contributed by atoms with E-state index < -0.39 is 5.91 Å². The highest BCUT2D eigenvalue weighted by molar-refractivity contribution is 8.27. The lowest BCUT2D eigenvalue weighted by molar-refractivity contribution is -0.113. The fourth-order valence-electron chi connectivity index (χ4n) is 4.86. The molecular weight excluding hydrogens is 651 g/mol. The number of likely N-dealkylation sites (N-methyl/N-ethyl adjacent to an activating group) is 1. The zero-order chi connectivity index (χ0) is 30.2. The van der Waals surface area contributed by atoms with Crippen molar-refractivity contribution < 1.29 is 19.1 Å². The van der Waals surface area contributed by atoms with Gasteiger partial charge in [0.15, 0.2) is 4.32 Å². The van der Waals surface area contributed by atoms with E-state index in [0.717, 1.165) is 49.5 Å². The Kier molecular flexibility index (Phi) is 14.2. The Morgan fingerprint density at radius 3 is 2.09 bits per heavy atom. The third-order valence-electron chi connectivity index (χ3n) is 7.42. The van der Waals surface area contributed by atoms with Gasteiger partial charge in [-0.15, -0.1) is 24.8 Å². The van der Waals surface area contributed by atoms with Gasteiger partial charge in [-0.25, -0.2) is 0 Å². The molecule has 2 aliphatic rings. The van der Waals surface area contributed by atoms with Crippen molar-refractivity contribution in [2.45, 2.75) is 19.3 Å². The number of carbonyl (C=O) groups excluding carboxylic acids is 2. The SMILES string of the molecule is CN1CCN(CCCCCOc2ccc(N3C(=O)C(=Cc4ccc(Oc5ccc(C(N)=O)cc5)cc4)SC3=S)cc2)CC1.Cl.Cl. The van der Waals surface area contributed by atoms with Crippen LogP contribution in [0.2, 0.25) is 0 Å². The number of benzene rings is 3. The standard InChI is InChI=1S/C33H36N4O4S2.2ClH/c1-35-18-20-36(21-19-35)17-3-2-4-22-40-27-15-9-26(10-16-27)37-32(39)30(43-33(37)42)23-24-5-11-28(12-6-24)41-29-13-7-25(8-14-29)31(34)38;;/h5-16,23H,2-4,17-22H2,1H3,(H2,34,38);2*1H. The zero-order valence-electron chi connectivity index (χ0n) is 25.1. The molecule has 0 spiro atoms. The van der Waals surface area contributed by atoms with Gasteiger partial charge in [-0.2, -0.15) is 0 Å². The summed E-state index contributed by atoms with van der Waals surface area (Å²) in [4.78, 5) is 31.5. The van der Waals surface area contributed by atoms with Crippen molar-refractivity contribution in [1.82, 2.24) is 9.80 Å². The predicted molar refractivity (Wildman–Crippen MR) is 191 cm³/mol. The van der Waals surface area contributed by atoms with Crippen molar-refractivity contribution in [3.8, 4) is 17.2 Å². The second kappa shape index (κ2) is 17.5. The fraction of sp³-hybridized carbons (Fsp3) is 0.303. The Bertz CT molecular complexity index is 1460. The predicted octanol–water partition coefficient (Wildman–Crippen LogP) is 6.62. The number of hydrogen-bond acceptors (Lipinski definition) is 8. The van der Waals surface area contributed by atoms with Crippen LogP contribution in [0.4, 0.5) is 5.69 Å². The van der Waals surface area contributed by atoms with Crippen molar-refractivity contribution in [1.29, 1.82) is 0 Å². The van der Waals surface area contributed by atoms with Crippen molar-refractivity contribution in [3.05, 3.63) is 88.8 Å². The van der Waals surface area contributed by atoms with Gasteiger partial charge in [0, 0.05) is 31.7 Å². The summed E-state index contributed by atoms with van der Waals surface area (Å²) in [6.45, 7) is 6.49. The van der Waals surface area contributed by atoms with Crippen molar-refractivity contribution in [2.24, 2.45) is 5.73 Å². The molecule has 8 nitrogen and oxygen atoms in total. The summed E-state index contributed by atoms with van der Waals surface area (Å²) in [6.07, 6.45) is 5.19. The fourth-order valence-corrected chi connectivity index (χ4v) is 6.16. The third-order valence-corrected chi connectivity index (χ3v) is 8.73. The van der Waals surface area contributed by atoms with Crippen LogP contribution in [0.5, 0.6) is 17.2 Å². The number of carbonyl (C=O) groups is 2. The number of nitrogens with zero attached hydrogens (tertiary/aromatic N) is 3. The molecule has 3 aromatic rings. The van der Waals surface area contributed by atoms with Crippen LogP contribution in [0, 0.1) is 0 Å². The molecule has 0 saturated carbocycles. The number of anilines is 1. The van der Waals surface area contributed by atoms with E-state index in [4.69, 9.17) is 27.4 Å². The summed E-state index contributed by atoms with van der Waals surface area (Å²) < 4.78 is 12.3. The lowest BCUT2D eigenvalue weighted by atomic mass is 10.2. The molecule has 0 radical (unpaired) electrons. The maximum absolute atomic E-state index is 13.2. The number of ether oxygens (including phenoxy) is 2. The Morgan fingerprint density at radius 2 is 1.47 bits per heavy atom. The lowest BCUT2D eigenvalue weighted by Crippen LogP contribution is -2.44. The van der Waals surface area contributed by atoms with Gasteiger partial charge in [-0.05, 0) is 105 Å². The molecule has 2 heterocycles. The number of nitrogens with two attached hydrogens (primary N) is 1. The highest BCUT2D eigenvalue weighted by atomic mass is 35.5. The van der Waals surface area contributed by atoms with Gasteiger partial charge >= 0.3 is 0 Å². The number of piperazine rings is 1. The van der Waals surface area contributed by atoms with Crippen LogP contribution in [0.1, 0.15) is 35.2 Å². The minimum atomic E-state index is -0.486.